The summed E-state index contributed by atoms with van der Waals surface area (Å²) in [6.07, 6.45) is 1.12. The van der Waals surface area contributed by atoms with Crippen LogP contribution in [0.3, 0.4) is 0 Å². The van der Waals surface area contributed by atoms with Crippen LogP contribution in [0.25, 0.3) is 0 Å². The Bertz CT molecular complexity index is 368. The van der Waals surface area contributed by atoms with E-state index in [4.69, 9.17) is 0 Å². The minimum atomic E-state index is 0.192. The number of carbonyl (C=O) groups is 1. The molecule has 1 aromatic heterocycles. The zero-order valence-electron chi connectivity index (χ0n) is 8.08. The fourth-order valence-electron chi connectivity index (χ4n) is 1.75. The van der Waals surface area contributed by atoms with E-state index >= 15 is 0 Å². The van der Waals surface area contributed by atoms with Gasteiger partial charge in [-0.05, 0) is 41.0 Å². The van der Waals surface area contributed by atoms with Gasteiger partial charge in [0.1, 0.15) is 0 Å². The lowest BCUT2D eigenvalue weighted by molar-refractivity contribution is 0.0789. The topological polar surface area (TPSA) is 20.3 Å². The molecule has 1 atom stereocenters. The predicted octanol–water partition coefficient (Wildman–Crippen LogP) is 3.21. The number of carbonyl (C=O) groups excluding carboxylic acids is 1. The first-order chi connectivity index (χ1) is 7.20. The second-order valence-electron chi connectivity index (χ2n) is 3.70. The van der Waals surface area contributed by atoms with Gasteiger partial charge in [-0.2, -0.15) is 0 Å². The quantitative estimate of drug-likeness (QED) is 0.552. The zero-order valence-corrected chi connectivity index (χ0v) is 12.6. The molecule has 0 spiro atoms. The van der Waals surface area contributed by atoms with Crippen LogP contribution in [0.1, 0.15) is 16.8 Å². The van der Waals surface area contributed by atoms with Crippen LogP contribution < -0.4 is 0 Å². The molecule has 0 bridgehead atoms. The summed E-state index contributed by atoms with van der Waals surface area (Å²) in [5.41, 5.74) is 0.847. The van der Waals surface area contributed by atoms with E-state index in [-0.39, 0.29) is 5.91 Å². The van der Waals surface area contributed by atoms with E-state index in [2.05, 4.69) is 38.5 Å². The molecule has 15 heavy (non-hydrogen) atoms. The number of amides is 1. The largest absolute Gasteiger partial charge is 0.338 e. The van der Waals surface area contributed by atoms with E-state index in [1.807, 2.05) is 16.3 Å². The lowest BCUT2D eigenvalue weighted by atomic mass is 10.2. The molecule has 5 heteroatoms. The van der Waals surface area contributed by atoms with Gasteiger partial charge in [0.25, 0.3) is 5.91 Å². The second-order valence-corrected chi connectivity index (χ2v) is 7.15. The molecule has 1 fully saturated rings. The SMILES string of the molecule is O=C(c1csc(I)c1)N1CCC(CBr)C1. The Morgan fingerprint density at radius 2 is 2.53 bits per heavy atom. The maximum Gasteiger partial charge on any atom is 0.254 e. The van der Waals surface area contributed by atoms with Gasteiger partial charge >= 0.3 is 0 Å². The first-order valence-corrected chi connectivity index (χ1v) is 7.88. The molecule has 2 heterocycles. The van der Waals surface area contributed by atoms with Crippen molar-refractivity contribution in [1.29, 1.82) is 0 Å². The molecule has 0 aliphatic carbocycles. The number of nitrogens with zero attached hydrogens (tertiary/aromatic N) is 1. The summed E-state index contributed by atoms with van der Waals surface area (Å²) < 4.78 is 1.17. The lowest BCUT2D eigenvalue weighted by Gasteiger charge is -2.14. The second kappa shape index (κ2) is 5.14. The molecule has 1 unspecified atom stereocenters. The average Bonchev–Trinajstić information content (AvgIpc) is 2.84. The smallest absolute Gasteiger partial charge is 0.254 e. The van der Waals surface area contributed by atoms with E-state index in [1.54, 1.807) is 11.3 Å². The Morgan fingerprint density at radius 1 is 1.73 bits per heavy atom. The first-order valence-electron chi connectivity index (χ1n) is 4.80. The highest BCUT2D eigenvalue weighted by atomic mass is 127. The highest BCUT2D eigenvalue weighted by molar-refractivity contribution is 14.1. The number of thiophene rings is 1. The molecule has 1 aliphatic rings. The maximum absolute atomic E-state index is 12.0. The third-order valence-corrected chi connectivity index (χ3v) is 5.31. The molecule has 0 N–H and O–H groups in total. The highest BCUT2D eigenvalue weighted by Gasteiger charge is 2.26. The average molecular weight is 400 g/mol. The van der Waals surface area contributed by atoms with E-state index in [1.165, 1.54) is 2.88 Å². The first kappa shape index (κ1) is 11.9. The van der Waals surface area contributed by atoms with Crippen LogP contribution in [0.4, 0.5) is 0 Å². The molecule has 1 amide bonds. The number of alkyl halides is 1. The fourth-order valence-corrected chi connectivity index (χ4v) is 3.60. The molecule has 0 saturated carbocycles. The van der Waals surface area contributed by atoms with Crippen LogP contribution in [-0.4, -0.2) is 29.2 Å². The third-order valence-electron chi connectivity index (χ3n) is 2.61. The van der Waals surface area contributed by atoms with E-state index < -0.39 is 0 Å². The summed E-state index contributed by atoms with van der Waals surface area (Å²) in [7, 11) is 0. The molecule has 0 aromatic carbocycles. The summed E-state index contributed by atoms with van der Waals surface area (Å²) in [4.78, 5) is 14.0. The number of halogens is 2. The van der Waals surface area contributed by atoms with Crippen molar-refractivity contribution in [2.75, 3.05) is 18.4 Å². The molecule has 2 rings (SSSR count). The van der Waals surface area contributed by atoms with Crippen molar-refractivity contribution < 1.29 is 4.79 Å². The van der Waals surface area contributed by atoms with Crippen molar-refractivity contribution in [1.82, 2.24) is 4.90 Å². The van der Waals surface area contributed by atoms with E-state index in [0.29, 0.717) is 5.92 Å². The van der Waals surface area contributed by atoms with Gasteiger partial charge < -0.3 is 4.90 Å². The predicted molar refractivity (Wildman–Crippen MR) is 74.8 cm³/mol. The van der Waals surface area contributed by atoms with Gasteiger partial charge in [-0.1, -0.05) is 15.9 Å². The van der Waals surface area contributed by atoms with Crippen LogP contribution in [0, 0.1) is 8.80 Å². The molecule has 82 valence electrons. The van der Waals surface area contributed by atoms with Gasteiger partial charge in [0.05, 0.1) is 8.45 Å². The molecule has 1 aromatic rings. The molecular weight excluding hydrogens is 389 g/mol. The summed E-state index contributed by atoms with van der Waals surface area (Å²) in [5.74, 6) is 0.823. The molecular formula is C10H11BrINOS. The normalized spacial score (nSPS) is 20.9. The third kappa shape index (κ3) is 2.74. The number of hydrogen-bond acceptors (Lipinski definition) is 2. The van der Waals surface area contributed by atoms with Crippen LogP contribution in [0.15, 0.2) is 11.4 Å². The monoisotopic (exact) mass is 399 g/mol. The van der Waals surface area contributed by atoms with Crippen molar-refractivity contribution >= 4 is 55.8 Å². The van der Waals surface area contributed by atoms with Gasteiger partial charge in [-0.15, -0.1) is 11.3 Å². The van der Waals surface area contributed by atoms with Crippen LogP contribution in [-0.2, 0) is 0 Å². The van der Waals surface area contributed by atoms with Gasteiger partial charge in [-0.25, -0.2) is 0 Å². The summed E-state index contributed by atoms with van der Waals surface area (Å²) in [6, 6.07) is 1.97. The summed E-state index contributed by atoms with van der Waals surface area (Å²) >= 11 is 7.35. The number of hydrogen-bond donors (Lipinski definition) is 0. The Morgan fingerprint density at radius 3 is 3.07 bits per heavy atom. The van der Waals surface area contributed by atoms with Crippen molar-refractivity contribution in [3.05, 3.63) is 19.9 Å². The van der Waals surface area contributed by atoms with Crippen LogP contribution >= 0.6 is 49.9 Å². The van der Waals surface area contributed by atoms with Crippen molar-refractivity contribution in [3.8, 4) is 0 Å². The van der Waals surface area contributed by atoms with Crippen LogP contribution in [0.2, 0.25) is 0 Å². The van der Waals surface area contributed by atoms with E-state index in [0.717, 1.165) is 30.4 Å². The summed E-state index contributed by atoms with van der Waals surface area (Å²) in [6.45, 7) is 1.80. The van der Waals surface area contributed by atoms with Gasteiger partial charge in [0.15, 0.2) is 0 Å². The summed E-state index contributed by atoms with van der Waals surface area (Å²) in [5, 5.41) is 2.95. The molecule has 0 radical (unpaired) electrons. The zero-order chi connectivity index (χ0) is 10.8. The Balaban J connectivity index is 2.03. The Labute approximate surface area is 115 Å². The van der Waals surface area contributed by atoms with Gasteiger partial charge in [0.2, 0.25) is 0 Å². The maximum atomic E-state index is 12.0. The molecule has 1 aliphatic heterocycles. The Kier molecular flexibility index (Phi) is 4.06. The van der Waals surface area contributed by atoms with E-state index in [9.17, 15) is 4.79 Å². The van der Waals surface area contributed by atoms with Gasteiger partial charge in [-0.3, -0.25) is 4.79 Å². The standard InChI is InChI=1S/C10H11BrINOS/c11-4-7-1-2-13(5-7)10(14)8-3-9(12)15-6-8/h3,6-7H,1-2,4-5H2. The number of likely N-dealkylation sites (tertiary alicyclic amines) is 1. The minimum Gasteiger partial charge on any atom is -0.338 e. The van der Waals surface area contributed by atoms with Gasteiger partial charge in [0, 0.05) is 23.8 Å². The van der Waals surface area contributed by atoms with Crippen molar-refractivity contribution in [3.63, 3.8) is 0 Å². The Hall–Kier alpha value is 0.380. The van der Waals surface area contributed by atoms with Crippen molar-refractivity contribution in [2.45, 2.75) is 6.42 Å². The fraction of sp³-hybridized carbons (Fsp3) is 0.500. The molecule has 2 nitrogen and oxygen atoms in total. The highest BCUT2D eigenvalue weighted by Crippen LogP contribution is 2.23. The molecule has 1 saturated heterocycles. The minimum absolute atomic E-state index is 0.192. The van der Waals surface area contributed by atoms with Crippen molar-refractivity contribution in [2.24, 2.45) is 5.92 Å². The number of rotatable bonds is 2. The van der Waals surface area contributed by atoms with Crippen LogP contribution in [0.5, 0.6) is 0 Å². The lowest BCUT2D eigenvalue weighted by Crippen LogP contribution is -2.28.